The minimum absolute atomic E-state index is 0. The van der Waals surface area contributed by atoms with Gasteiger partial charge in [0.05, 0.1) is 0 Å². The van der Waals surface area contributed by atoms with Crippen molar-refractivity contribution in [2.24, 2.45) is 0 Å². The molecule has 0 atom stereocenters. The molecular weight excluding hydrogens is 228 g/mol. The minimum Gasteiger partial charge on any atom is -0.0859 e. The summed E-state index contributed by atoms with van der Waals surface area (Å²) in [6.45, 7) is 13.0. The second-order valence-corrected chi connectivity index (χ2v) is 3.62. The topological polar surface area (TPSA) is 0 Å². The number of hydrogen-bond acceptors (Lipinski definition) is 0. The van der Waals surface area contributed by atoms with Crippen LogP contribution in [-0.2, 0) is 0 Å². The first-order chi connectivity index (χ1) is 6.62. The standard InChI is InChI=1S/2C7H14.5CH4/c2*1-4-6-7(3)5-2;;;;;/h2*6H,4-5H2,1-3H3;5*1H4/b7-6+;7-6-;;;;;. The Morgan fingerprint density at radius 3 is 0.842 bits per heavy atom. The largest absolute Gasteiger partial charge is 0.0859 e. The summed E-state index contributed by atoms with van der Waals surface area (Å²) in [5.41, 5.74) is 3.00. The monoisotopic (exact) mass is 276 g/mol. The molecule has 0 aromatic heterocycles. The maximum absolute atomic E-state index is 2.26. The Morgan fingerprint density at radius 1 is 0.579 bits per heavy atom. The first kappa shape index (κ1) is 42.8. The Hall–Kier alpha value is -0.520. The van der Waals surface area contributed by atoms with Crippen molar-refractivity contribution in [3.63, 3.8) is 0 Å². The lowest BCUT2D eigenvalue weighted by Gasteiger charge is -1.88. The van der Waals surface area contributed by atoms with Crippen molar-refractivity contribution in [3.05, 3.63) is 23.3 Å². The highest BCUT2D eigenvalue weighted by Crippen LogP contribution is 1.98. The van der Waals surface area contributed by atoms with Gasteiger partial charge in [0.1, 0.15) is 0 Å². The third-order valence-corrected chi connectivity index (χ3v) is 2.22. The number of hydrogen-bond donors (Lipinski definition) is 0. The van der Waals surface area contributed by atoms with Crippen molar-refractivity contribution < 1.29 is 0 Å². The van der Waals surface area contributed by atoms with Gasteiger partial charge in [-0.2, -0.15) is 0 Å². The highest BCUT2D eigenvalue weighted by Gasteiger charge is 1.77. The minimum atomic E-state index is 0. The molecule has 124 valence electrons. The van der Waals surface area contributed by atoms with E-state index < -0.39 is 0 Å². The maximum atomic E-state index is 2.26. The lowest BCUT2D eigenvalue weighted by atomic mass is 10.2. The van der Waals surface area contributed by atoms with Crippen LogP contribution >= 0.6 is 0 Å². The highest BCUT2D eigenvalue weighted by molar-refractivity contribution is 4.95. The van der Waals surface area contributed by atoms with Crippen molar-refractivity contribution in [2.45, 2.75) is 104 Å². The zero-order valence-corrected chi connectivity index (χ0v) is 11.0. The number of allylic oxidation sites excluding steroid dienone is 4. The molecule has 19 heavy (non-hydrogen) atoms. The van der Waals surface area contributed by atoms with Crippen LogP contribution in [0, 0.1) is 0 Å². The molecule has 0 aliphatic heterocycles. The van der Waals surface area contributed by atoms with E-state index in [4.69, 9.17) is 0 Å². The van der Waals surface area contributed by atoms with Crippen LogP contribution in [0.2, 0.25) is 0 Å². The molecule has 0 heteroatoms. The third kappa shape index (κ3) is 46.6. The van der Waals surface area contributed by atoms with E-state index in [-0.39, 0.29) is 37.1 Å². The summed E-state index contributed by atoms with van der Waals surface area (Å²) in [7, 11) is 0. The van der Waals surface area contributed by atoms with E-state index in [0.717, 1.165) is 0 Å². The van der Waals surface area contributed by atoms with E-state index >= 15 is 0 Å². The molecule has 0 amide bonds. The molecule has 0 unspecified atom stereocenters. The van der Waals surface area contributed by atoms with Crippen LogP contribution in [0.4, 0.5) is 0 Å². The van der Waals surface area contributed by atoms with E-state index in [1.165, 1.54) is 36.8 Å². The van der Waals surface area contributed by atoms with Crippen LogP contribution < -0.4 is 0 Å². The molecule has 0 N–H and O–H groups in total. The normalized spacial score (nSPS) is 8.95. The Balaban J connectivity index is -0.0000000240. The van der Waals surface area contributed by atoms with Crippen LogP contribution in [0.5, 0.6) is 0 Å². The van der Waals surface area contributed by atoms with E-state index in [1.54, 1.807) is 0 Å². The molecule has 0 bridgehead atoms. The predicted octanol–water partition coefficient (Wildman–Crippen LogP) is 8.69. The fourth-order valence-electron chi connectivity index (χ4n) is 0.986. The fraction of sp³-hybridized carbons (Fsp3) is 0.789. The zero-order valence-electron chi connectivity index (χ0n) is 11.0. The van der Waals surface area contributed by atoms with Crippen LogP contribution in [0.25, 0.3) is 0 Å². The van der Waals surface area contributed by atoms with Crippen LogP contribution in [0.3, 0.4) is 0 Å². The quantitative estimate of drug-likeness (QED) is 0.450. The molecule has 0 radical (unpaired) electrons. The molecule has 0 saturated carbocycles. The summed E-state index contributed by atoms with van der Waals surface area (Å²) >= 11 is 0. The summed E-state index contributed by atoms with van der Waals surface area (Å²) in [6.07, 6.45) is 9.29. The lowest BCUT2D eigenvalue weighted by molar-refractivity contribution is 1.06. The van der Waals surface area contributed by atoms with Crippen LogP contribution in [0.1, 0.15) is 104 Å². The summed E-state index contributed by atoms with van der Waals surface area (Å²) < 4.78 is 0. The highest BCUT2D eigenvalue weighted by atomic mass is 13.8. The fourth-order valence-corrected chi connectivity index (χ4v) is 0.986. The lowest BCUT2D eigenvalue weighted by Crippen LogP contribution is -1.67. The Kier molecular flexibility index (Phi) is 81.2. The van der Waals surface area contributed by atoms with Gasteiger partial charge < -0.3 is 0 Å². The van der Waals surface area contributed by atoms with Crippen molar-refractivity contribution >= 4 is 0 Å². The summed E-state index contributed by atoms with van der Waals surface area (Å²) in [4.78, 5) is 0. The molecule has 0 spiro atoms. The maximum Gasteiger partial charge on any atom is -0.0352 e. The van der Waals surface area contributed by atoms with E-state index in [2.05, 4.69) is 53.7 Å². The van der Waals surface area contributed by atoms with E-state index in [9.17, 15) is 0 Å². The van der Waals surface area contributed by atoms with Crippen molar-refractivity contribution in [2.75, 3.05) is 0 Å². The molecule has 0 rings (SSSR count). The molecule has 0 saturated heterocycles. The van der Waals surface area contributed by atoms with Gasteiger partial charge in [-0.05, 0) is 39.5 Å². The second-order valence-electron chi connectivity index (χ2n) is 3.62. The Labute approximate surface area is 128 Å². The Bertz CT molecular complexity index is 141. The average Bonchev–Trinajstić information content (AvgIpc) is 2.19. The molecule has 0 aliphatic rings. The first-order valence-corrected chi connectivity index (χ1v) is 5.93. The van der Waals surface area contributed by atoms with Gasteiger partial charge in [0, 0.05) is 0 Å². The van der Waals surface area contributed by atoms with Crippen LogP contribution in [-0.4, -0.2) is 0 Å². The number of rotatable bonds is 4. The molecule has 0 heterocycles. The molecule has 0 fully saturated rings. The SMILES string of the molecule is C.C.C.C.C.CC/C=C(/C)CC.CC/C=C(\C)CC. The molecule has 0 nitrogen and oxygen atoms in total. The van der Waals surface area contributed by atoms with Gasteiger partial charge in [0.25, 0.3) is 0 Å². The van der Waals surface area contributed by atoms with Crippen molar-refractivity contribution in [1.82, 2.24) is 0 Å². The second kappa shape index (κ2) is 36.0. The molecule has 0 aromatic carbocycles. The van der Waals surface area contributed by atoms with Gasteiger partial charge in [-0.1, -0.05) is 88.1 Å². The van der Waals surface area contributed by atoms with Crippen molar-refractivity contribution in [1.29, 1.82) is 0 Å². The molecular formula is C19H48. The molecule has 0 aromatic rings. The van der Waals surface area contributed by atoms with Gasteiger partial charge in [-0.25, -0.2) is 0 Å². The van der Waals surface area contributed by atoms with Gasteiger partial charge >= 0.3 is 0 Å². The van der Waals surface area contributed by atoms with Gasteiger partial charge in [0.2, 0.25) is 0 Å². The zero-order chi connectivity index (χ0) is 11.4. The predicted molar refractivity (Wildman–Crippen MR) is 102 cm³/mol. The average molecular weight is 277 g/mol. The Morgan fingerprint density at radius 2 is 0.789 bits per heavy atom. The van der Waals surface area contributed by atoms with Crippen LogP contribution in [0.15, 0.2) is 23.3 Å². The van der Waals surface area contributed by atoms with E-state index in [0.29, 0.717) is 0 Å². The summed E-state index contributed by atoms with van der Waals surface area (Å²) in [5, 5.41) is 0. The van der Waals surface area contributed by atoms with Gasteiger partial charge in [-0.3, -0.25) is 0 Å². The van der Waals surface area contributed by atoms with Gasteiger partial charge in [-0.15, -0.1) is 0 Å². The first-order valence-electron chi connectivity index (χ1n) is 5.93. The third-order valence-electron chi connectivity index (χ3n) is 2.22. The molecule has 0 aliphatic carbocycles. The van der Waals surface area contributed by atoms with Crippen molar-refractivity contribution in [3.8, 4) is 0 Å². The van der Waals surface area contributed by atoms with E-state index in [1.807, 2.05) is 0 Å². The summed E-state index contributed by atoms with van der Waals surface area (Å²) in [5.74, 6) is 0. The smallest absolute Gasteiger partial charge is 0.0352 e. The van der Waals surface area contributed by atoms with Gasteiger partial charge in [0.15, 0.2) is 0 Å². The summed E-state index contributed by atoms with van der Waals surface area (Å²) in [6, 6.07) is 0.